The lowest BCUT2D eigenvalue weighted by atomic mass is 9.88. The summed E-state index contributed by atoms with van der Waals surface area (Å²) in [5.74, 6) is -1.73. The Morgan fingerprint density at radius 2 is 1.83 bits per heavy atom. The Kier molecular flexibility index (Phi) is 8.07. The van der Waals surface area contributed by atoms with Crippen LogP contribution in [0, 0.1) is 0 Å². The summed E-state index contributed by atoms with van der Waals surface area (Å²) >= 11 is 1.48. The van der Waals surface area contributed by atoms with Gasteiger partial charge >= 0.3 is 12.0 Å². The molecule has 0 saturated carbocycles. The number of hydrogen-bond acceptors (Lipinski definition) is 6. The van der Waals surface area contributed by atoms with Gasteiger partial charge in [0.1, 0.15) is 12.1 Å². The molecule has 0 radical (unpaired) electrons. The Bertz CT molecular complexity index is 777. The largest absolute Gasteiger partial charge is 0.454 e. The molecule has 0 aromatic heterocycles. The first-order valence-corrected chi connectivity index (χ1v) is 10.8. The predicted octanol–water partition coefficient (Wildman–Crippen LogP) is 2.78. The molecule has 0 unspecified atom stereocenters. The summed E-state index contributed by atoms with van der Waals surface area (Å²) in [7, 11) is 0. The molecule has 0 bridgehead atoms. The molecule has 1 heterocycles. The van der Waals surface area contributed by atoms with Crippen LogP contribution < -0.4 is 10.6 Å². The summed E-state index contributed by atoms with van der Waals surface area (Å²) in [6.45, 7) is 2.85. The van der Waals surface area contributed by atoms with E-state index in [2.05, 4.69) is 10.6 Å². The summed E-state index contributed by atoms with van der Waals surface area (Å²) in [5.41, 5.74) is -0.334. The minimum absolute atomic E-state index is 0.415. The molecule has 158 valence electrons. The van der Waals surface area contributed by atoms with Crippen LogP contribution in [0.5, 0.6) is 0 Å². The summed E-state index contributed by atoms with van der Waals surface area (Å²) in [5, 5.41) is 5.41. The number of imide groups is 1. The van der Waals surface area contributed by atoms with E-state index in [9.17, 15) is 19.2 Å². The number of amides is 4. The van der Waals surface area contributed by atoms with Gasteiger partial charge in [0.15, 0.2) is 6.61 Å². The van der Waals surface area contributed by atoms with Crippen LogP contribution in [-0.4, -0.2) is 53.7 Å². The Hall–Kier alpha value is -2.55. The van der Waals surface area contributed by atoms with Crippen molar-refractivity contribution in [2.75, 3.05) is 24.7 Å². The third-order valence-electron chi connectivity index (χ3n) is 4.63. The number of nitrogens with zero attached hydrogens (tertiary/aromatic N) is 1. The second-order valence-electron chi connectivity index (χ2n) is 6.81. The van der Waals surface area contributed by atoms with Crippen molar-refractivity contribution in [3.05, 3.63) is 24.3 Å². The smallest absolute Gasteiger partial charge is 0.326 e. The summed E-state index contributed by atoms with van der Waals surface area (Å²) < 4.78 is 4.96. The van der Waals surface area contributed by atoms with Crippen molar-refractivity contribution >= 4 is 41.3 Å². The average molecular weight is 422 g/mol. The normalized spacial score (nSPS) is 15.2. The lowest BCUT2D eigenvalue weighted by molar-refractivity contribution is -0.150. The molecule has 1 fully saturated rings. The molecule has 8 nitrogen and oxygen atoms in total. The Morgan fingerprint density at radius 1 is 1.17 bits per heavy atom. The average Bonchev–Trinajstić information content (AvgIpc) is 2.91. The maximum Gasteiger partial charge on any atom is 0.326 e. The van der Waals surface area contributed by atoms with Gasteiger partial charge in [0.25, 0.3) is 11.8 Å². The fourth-order valence-electron chi connectivity index (χ4n) is 3.39. The number of urea groups is 1. The number of hydrogen-bond donors (Lipinski definition) is 2. The third-order valence-corrected chi connectivity index (χ3v) is 5.43. The SMILES string of the molecule is CCCC1(CCC)NC(=O)N(CC(=O)OCC(=O)Nc2ccccc2SC)C1=O. The maximum atomic E-state index is 12.8. The van der Waals surface area contributed by atoms with Gasteiger partial charge in [-0.25, -0.2) is 4.79 Å². The van der Waals surface area contributed by atoms with Crippen LogP contribution in [0.15, 0.2) is 29.2 Å². The van der Waals surface area contributed by atoms with Crippen LogP contribution in [0.3, 0.4) is 0 Å². The standard InChI is InChI=1S/C20H27N3O5S/c1-4-10-20(11-5-2)18(26)23(19(27)22-20)12-17(25)28-13-16(24)21-14-8-6-7-9-15(14)29-3/h6-9H,4-5,10-13H2,1-3H3,(H,21,24)(H,22,27). The first-order valence-electron chi connectivity index (χ1n) is 9.59. The maximum absolute atomic E-state index is 12.8. The van der Waals surface area contributed by atoms with E-state index in [1.807, 2.05) is 32.2 Å². The molecule has 1 aliphatic rings. The van der Waals surface area contributed by atoms with Crippen molar-refractivity contribution in [3.8, 4) is 0 Å². The molecule has 29 heavy (non-hydrogen) atoms. The molecule has 1 aliphatic heterocycles. The summed E-state index contributed by atoms with van der Waals surface area (Å²) in [6.07, 6.45) is 4.35. The number of rotatable bonds is 10. The molecule has 0 spiro atoms. The van der Waals surface area contributed by atoms with Gasteiger partial charge in [-0.05, 0) is 31.2 Å². The Balaban J connectivity index is 1.91. The second-order valence-corrected chi connectivity index (χ2v) is 7.66. The van der Waals surface area contributed by atoms with Gasteiger partial charge in [-0.1, -0.05) is 38.8 Å². The first-order chi connectivity index (χ1) is 13.9. The van der Waals surface area contributed by atoms with Crippen molar-refractivity contribution in [2.45, 2.75) is 50.0 Å². The van der Waals surface area contributed by atoms with E-state index >= 15 is 0 Å². The van der Waals surface area contributed by atoms with E-state index in [1.165, 1.54) is 11.8 Å². The van der Waals surface area contributed by atoms with Crippen molar-refractivity contribution in [2.24, 2.45) is 0 Å². The first kappa shape index (κ1) is 22.7. The minimum Gasteiger partial charge on any atom is -0.454 e. The Labute approximate surface area is 174 Å². The van der Waals surface area contributed by atoms with Crippen LogP contribution >= 0.6 is 11.8 Å². The van der Waals surface area contributed by atoms with Gasteiger partial charge in [-0.2, -0.15) is 0 Å². The molecular weight excluding hydrogens is 394 g/mol. The number of benzene rings is 1. The predicted molar refractivity (Wildman–Crippen MR) is 111 cm³/mol. The number of para-hydroxylation sites is 1. The fraction of sp³-hybridized carbons (Fsp3) is 0.500. The molecule has 1 saturated heterocycles. The molecule has 0 aliphatic carbocycles. The summed E-state index contributed by atoms with van der Waals surface area (Å²) in [6, 6.07) is 6.66. The fourth-order valence-corrected chi connectivity index (χ4v) is 3.95. The zero-order valence-corrected chi connectivity index (χ0v) is 17.8. The van der Waals surface area contributed by atoms with Gasteiger partial charge in [0.2, 0.25) is 0 Å². The zero-order valence-electron chi connectivity index (χ0n) is 16.9. The van der Waals surface area contributed by atoms with Gasteiger partial charge < -0.3 is 15.4 Å². The highest BCUT2D eigenvalue weighted by molar-refractivity contribution is 7.98. The van der Waals surface area contributed by atoms with Gasteiger partial charge in [-0.15, -0.1) is 11.8 Å². The van der Waals surface area contributed by atoms with Crippen LogP contribution in [0.1, 0.15) is 39.5 Å². The van der Waals surface area contributed by atoms with Crippen molar-refractivity contribution in [3.63, 3.8) is 0 Å². The van der Waals surface area contributed by atoms with E-state index in [0.29, 0.717) is 18.5 Å². The van der Waals surface area contributed by atoms with Gasteiger partial charge in [0.05, 0.1) is 5.69 Å². The highest BCUT2D eigenvalue weighted by Gasteiger charge is 2.50. The van der Waals surface area contributed by atoms with Crippen LogP contribution in [-0.2, 0) is 19.1 Å². The molecule has 1 aromatic carbocycles. The van der Waals surface area contributed by atoms with E-state index in [-0.39, 0.29) is 0 Å². The van der Waals surface area contributed by atoms with E-state index < -0.39 is 42.5 Å². The second kappa shape index (κ2) is 10.3. The van der Waals surface area contributed by atoms with Crippen molar-refractivity contribution in [1.82, 2.24) is 10.2 Å². The molecule has 4 amide bonds. The molecule has 9 heteroatoms. The Morgan fingerprint density at radius 3 is 2.45 bits per heavy atom. The minimum atomic E-state index is -0.959. The van der Waals surface area contributed by atoms with Crippen LogP contribution in [0.2, 0.25) is 0 Å². The number of carbonyl (C=O) groups is 4. The lowest BCUT2D eigenvalue weighted by Gasteiger charge is -2.25. The highest BCUT2D eigenvalue weighted by Crippen LogP contribution is 2.28. The molecule has 1 aromatic rings. The quantitative estimate of drug-likeness (QED) is 0.342. The van der Waals surface area contributed by atoms with Gasteiger partial charge in [-0.3, -0.25) is 19.3 Å². The third kappa shape index (κ3) is 5.50. The van der Waals surface area contributed by atoms with E-state index in [1.54, 1.807) is 12.1 Å². The number of nitrogens with one attached hydrogen (secondary N) is 2. The lowest BCUT2D eigenvalue weighted by Crippen LogP contribution is -2.47. The molecular formula is C20H27N3O5S. The molecule has 2 rings (SSSR count). The van der Waals surface area contributed by atoms with Crippen molar-refractivity contribution < 1.29 is 23.9 Å². The van der Waals surface area contributed by atoms with Crippen molar-refractivity contribution in [1.29, 1.82) is 0 Å². The topological polar surface area (TPSA) is 105 Å². The molecule has 2 N–H and O–H groups in total. The summed E-state index contributed by atoms with van der Waals surface area (Å²) in [4.78, 5) is 50.9. The molecule has 0 atom stereocenters. The number of esters is 1. The number of anilines is 1. The van der Waals surface area contributed by atoms with Crippen LogP contribution in [0.25, 0.3) is 0 Å². The van der Waals surface area contributed by atoms with Gasteiger partial charge in [0, 0.05) is 4.90 Å². The monoisotopic (exact) mass is 421 g/mol. The number of thioether (sulfide) groups is 1. The van der Waals surface area contributed by atoms with Crippen LogP contribution in [0.4, 0.5) is 10.5 Å². The van der Waals surface area contributed by atoms with E-state index in [4.69, 9.17) is 4.74 Å². The van der Waals surface area contributed by atoms with E-state index in [0.717, 1.165) is 22.6 Å². The number of carbonyl (C=O) groups excluding carboxylic acids is 4. The zero-order chi connectivity index (χ0) is 21.4. The highest BCUT2D eigenvalue weighted by atomic mass is 32.2. The number of ether oxygens (including phenoxy) is 1.